The minimum atomic E-state index is 0.0799. The van der Waals surface area contributed by atoms with Crippen molar-refractivity contribution in [3.8, 4) is 0 Å². The van der Waals surface area contributed by atoms with Gasteiger partial charge in [-0.2, -0.15) is 0 Å². The first-order valence-corrected chi connectivity index (χ1v) is 6.42. The Morgan fingerprint density at radius 3 is 2.88 bits per heavy atom. The number of piperazine rings is 1. The molecule has 2 aliphatic rings. The van der Waals surface area contributed by atoms with Crippen LogP contribution >= 0.6 is 23.2 Å². The van der Waals surface area contributed by atoms with Gasteiger partial charge in [0, 0.05) is 31.2 Å². The number of fused-ring (bicyclic) bond motifs is 2. The lowest BCUT2D eigenvalue weighted by Gasteiger charge is -2.40. The van der Waals surface area contributed by atoms with Crippen LogP contribution in [0.4, 0.5) is 0 Å². The smallest absolute Gasteiger partial charge is 0.254 e. The molecular weight excluding hydrogens is 259 g/mol. The van der Waals surface area contributed by atoms with Crippen LogP contribution in [-0.4, -0.2) is 36.5 Å². The maximum Gasteiger partial charge on any atom is 0.254 e. The van der Waals surface area contributed by atoms with E-state index in [4.69, 9.17) is 23.2 Å². The number of nitrogens with one attached hydrogen (secondary N) is 1. The largest absolute Gasteiger partial charge is 0.333 e. The molecule has 1 atom stereocenters. The molecule has 1 aromatic rings. The Hall–Kier alpha value is -0.770. The Kier molecular flexibility index (Phi) is 2.77. The number of rotatable bonds is 0. The van der Waals surface area contributed by atoms with E-state index in [1.165, 1.54) is 0 Å². The molecule has 2 aliphatic heterocycles. The van der Waals surface area contributed by atoms with Crippen LogP contribution in [0.1, 0.15) is 15.9 Å². The Labute approximate surface area is 110 Å². The number of benzene rings is 1. The average molecular weight is 271 g/mol. The van der Waals surface area contributed by atoms with Gasteiger partial charge in [0.15, 0.2) is 0 Å². The zero-order chi connectivity index (χ0) is 12.0. The molecule has 3 rings (SSSR count). The molecule has 0 bridgehead atoms. The van der Waals surface area contributed by atoms with Crippen molar-refractivity contribution in [1.29, 1.82) is 0 Å². The first kappa shape index (κ1) is 11.3. The van der Waals surface area contributed by atoms with E-state index in [0.29, 0.717) is 15.6 Å². The number of carbonyl (C=O) groups is 1. The zero-order valence-corrected chi connectivity index (χ0v) is 10.7. The van der Waals surface area contributed by atoms with Crippen molar-refractivity contribution in [3.63, 3.8) is 0 Å². The van der Waals surface area contributed by atoms with E-state index in [9.17, 15) is 4.79 Å². The summed E-state index contributed by atoms with van der Waals surface area (Å²) >= 11 is 12.0. The second-order valence-corrected chi connectivity index (χ2v) is 5.30. The molecule has 0 saturated carbocycles. The van der Waals surface area contributed by atoms with Crippen LogP contribution in [-0.2, 0) is 6.42 Å². The second kappa shape index (κ2) is 4.16. The first-order chi connectivity index (χ1) is 8.16. The number of nitrogens with zero attached hydrogens (tertiary/aromatic N) is 1. The minimum absolute atomic E-state index is 0.0799. The molecule has 0 spiro atoms. The molecule has 0 unspecified atom stereocenters. The third kappa shape index (κ3) is 1.82. The Morgan fingerprint density at radius 2 is 2.06 bits per heavy atom. The second-order valence-electron chi connectivity index (χ2n) is 4.48. The van der Waals surface area contributed by atoms with E-state index >= 15 is 0 Å². The van der Waals surface area contributed by atoms with Gasteiger partial charge < -0.3 is 10.2 Å². The predicted molar refractivity (Wildman–Crippen MR) is 67.9 cm³/mol. The number of amides is 1. The van der Waals surface area contributed by atoms with E-state index in [2.05, 4.69) is 5.32 Å². The van der Waals surface area contributed by atoms with Crippen molar-refractivity contribution >= 4 is 29.1 Å². The summed E-state index contributed by atoms with van der Waals surface area (Å²) in [4.78, 5) is 14.2. The van der Waals surface area contributed by atoms with Crippen molar-refractivity contribution in [2.45, 2.75) is 12.5 Å². The first-order valence-electron chi connectivity index (χ1n) is 5.66. The summed E-state index contributed by atoms with van der Waals surface area (Å²) < 4.78 is 0. The molecule has 5 heteroatoms. The maximum absolute atomic E-state index is 12.3. The predicted octanol–water partition coefficient (Wildman–Crippen LogP) is 1.96. The highest BCUT2D eigenvalue weighted by atomic mass is 35.5. The minimum Gasteiger partial charge on any atom is -0.333 e. The fourth-order valence-electron chi connectivity index (χ4n) is 2.58. The zero-order valence-electron chi connectivity index (χ0n) is 9.17. The summed E-state index contributed by atoms with van der Waals surface area (Å²) in [5, 5.41) is 4.28. The fourth-order valence-corrected chi connectivity index (χ4v) is 2.93. The van der Waals surface area contributed by atoms with Gasteiger partial charge >= 0.3 is 0 Å². The van der Waals surface area contributed by atoms with Gasteiger partial charge in [0.1, 0.15) is 0 Å². The van der Waals surface area contributed by atoms with E-state index in [1.807, 2.05) is 11.0 Å². The standard InChI is InChI=1S/C12H12Cl2N2O/c13-10-4-7-3-8-6-15-1-2-16(8)12(17)9(7)5-11(10)14/h4-5,8,15H,1-3,6H2/t8-/m1/s1. The molecule has 0 radical (unpaired) electrons. The van der Waals surface area contributed by atoms with Crippen LogP contribution in [0, 0.1) is 0 Å². The highest BCUT2D eigenvalue weighted by Gasteiger charge is 2.34. The summed E-state index contributed by atoms with van der Waals surface area (Å²) in [6, 6.07) is 3.77. The SMILES string of the molecule is O=C1c2cc(Cl)c(Cl)cc2C[C@@H]2CNCCN12. The van der Waals surface area contributed by atoms with E-state index < -0.39 is 0 Å². The van der Waals surface area contributed by atoms with Gasteiger partial charge in [0.05, 0.1) is 10.0 Å². The lowest BCUT2D eigenvalue weighted by molar-refractivity contribution is 0.0606. The van der Waals surface area contributed by atoms with Gasteiger partial charge in [0.25, 0.3) is 5.91 Å². The summed E-state index contributed by atoms with van der Waals surface area (Å²) in [6.45, 7) is 2.48. The summed E-state index contributed by atoms with van der Waals surface area (Å²) in [5.41, 5.74) is 1.71. The van der Waals surface area contributed by atoms with Crippen molar-refractivity contribution < 1.29 is 4.79 Å². The fraction of sp³-hybridized carbons (Fsp3) is 0.417. The molecule has 0 aromatic heterocycles. The Morgan fingerprint density at radius 1 is 1.29 bits per heavy atom. The number of hydrogen-bond acceptors (Lipinski definition) is 2. The quantitative estimate of drug-likeness (QED) is 0.782. The monoisotopic (exact) mass is 270 g/mol. The van der Waals surface area contributed by atoms with Crippen LogP contribution in [0.3, 0.4) is 0 Å². The molecular formula is C12H12Cl2N2O. The van der Waals surface area contributed by atoms with Crippen LogP contribution in [0.25, 0.3) is 0 Å². The molecule has 1 amide bonds. The van der Waals surface area contributed by atoms with Gasteiger partial charge in [0.2, 0.25) is 0 Å². The highest BCUT2D eigenvalue weighted by Crippen LogP contribution is 2.31. The van der Waals surface area contributed by atoms with E-state index in [0.717, 1.165) is 31.6 Å². The molecule has 0 aliphatic carbocycles. The third-order valence-electron chi connectivity index (χ3n) is 3.44. The van der Waals surface area contributed by atoms with Gasteiger partial charge in [-0.25, -0.2) is 0 Å². The lowest BCUT2D eigenvalue weighted by Crippen LogP contribution is -2.56. The number of hydrogen-bond donors (Lipinski definition) is 1. The number of carbonyl (C=O) groups excluding carboxylic acids is 1. The molecule has 3 nitrogen and oxygen atoms in total. The summed E-state index contributed by atoms with van der Waals surface area (Å²) in [7, 11) is 0. The topological polar surface area (TPSA) is 32.3 Å². The van der Waals surface area contributed by atoms with E-state index in [1.54, 1.807) is 6.07 Å². The Bertz CT molecular complexity index is 490. The van der Waals surface area contributed by atoms with Gasteiger partial charge in [-0.05, 0) is 24.1 Å². The van der Waals surface area contributed by atoms with Crippen molar-refractivity contribution in [2.24, 2.45) is 0 Å². The average Bonchev–Trinajstić information content (AvgIpc) is 2.32. The number of halogens is 2. The van der Waals surface area contributed by atoms with Crippen molar-refractivity contribution in [3.05, 3.63) is 33.3 Å². The highest BCUT2D eigenvalue weighted by molar-refractivity contribution is 6.42. The van der Waals surface area contributed by atoms with Crippen LogP contribution < -0.4 is 5.32 Å². The molecule has 1 aromatic carbocycles. The lowest BCUT2D eigenvalue weighted by atomic mass is 9.92. The van der Waals surface area contributed by atoms with Gasteiger partial charge in [-0.15, -0.1) is 0 Å². The molecule has 1 fully saturated rings. The van der Waals surface area contributed by atoms with Gasteiger partial charge in [-0.1, -0.05) is 23.2 Å². The third-order valence-corrected chi connectivity index (χ3v) is 4.17. The maximum atomic E-state index is 12.3. The molecule has 90 valence electrons. The van der Waals surface area contributed by atoms with Gasteiger partial charge in [-0.3, -0.25) is 4.79 Å². The van der Waals surface area contributed by atoms with Crippen molar-refractivity contribution in [2.75, 3.05) is 19.6 Å². The van der Waals surface area contributed by atoms with Crippen molar-refractivity contribution in [1.82, 2.24) is 10.2 Å². The molecule has 1 saturated heterocycles. The van der Waals surface area contributed by atoms with Crippen LogP contribution in [0.5, 0.6) is 0 Å². The molecule has 17 heavy (non-hydrogen) atoms. The summed E-state index contributed by atoms with van der Waals surface area (Å²) in [6.07, 6.45) is 0.852. The summed E-state index contributed by atoms with van der Waals surface area (Å²) in [5.74, 6) is 0.0799. The van der Waals surface area contributed by atoms with E-state index in [-0.39, 0.29) is 11.9 Å². The molecule has 1 N–H and O–H groups in total. The molecule has 2 heterocycles. The Balaban J connectivity index is 2.06. The van der Waals surface area contributed by atoms with Crippen LogP contribution in [0.15, 0.2) is 12.1 Å². The normalized spacial score (nSPS) is 23.3. The van der Waals surface area contributed by atoms with Crippen LogP contribution in [0.2, 0.25) is 10.0 Å².